The molecule has 0 unspecified atom stereocenters. The van der Waals surface area contributed by atoms with Crippen molar-refractivity contribution in [2.75, 3.05) is 0 Å². The second kappa shape index (κ2) is 15.2. The minimum atomic E-state index is -0.721. The number of carbonyl (C=O) groups excluding carboxylic acids is 3. The summed E-state index contributed by atoms with van der Waals surface area (Å²) in [6, 6.07) is 23.5. The van der Waals surface area contributed by atoms with E-state index in [-0.39, 0.29) is 25.7 Å². The first-order valence-electron chi connectivity index (χ1n) is 15.2. The Labute approximate surface area is 272 Å². The standard InChI is InChI=1S/C37H46O9/c1-35(2,3)44-32(38)41-22-25-10-16-28(17-11-25)31(29-18-12-26(13-19-29)23-42-33(39)45-36(4,5)6)30-20-14-27(15-21-30)24-43-34(40)46-37(7,8)9/h10-21,31H,22-24H2,1-9H3. The predicted octanol–water partition coefficient (Wildman–Crippen LogP) is 9.22. The van der Waals surface area contributed by atoms with Crippen LogP contribution in [0.25, 0.3) is 0 Å². The largest absolute Gasteiger partial charge is 0.509 e. The fourth-order valence-electron chi connectivity index (χ4n) is 4.26. The van der Waals surface area contributed by atoms with Crippen LogP contribution in [-0.2, 0) is 48.2 Å². The fourth-order valence-corrected chi connectivity index (χ4v) is 4.26. The minimum absolute atomic E-state index is 0.0819. The zero-order chi connectivity index (χ0) is 34.1. The predicted molar refractivity (Wildman–Crippen MR) is 173 cm³/mol. The Hall–Kier alpha value is -4.53. The molecular weight excluding hydrogens is 588 g/mol. The average molecular weight is 635 g/mol. The highest BCUT2D eigenvalue weighted by atomic mass is 16.7. The van der Waals surface area contributed by atoms with E-state index < -0.39 is 35.3 Å². The molecule has 9 nitrogen and oxygen atoms in total. The van der Waals surface area contributed by atoms with Crippen LogP contribution < -0.4 is 0 Å². The highest BCUT2D eigenvalue weighted by Crippen LogP contribution is 2.33. The van der Waals surface area contributed by atoms with Gasteiger partial charge in [0.1, 0.15) is 36.6 Å². The van der Waals surface area contributed by atoms with Crippen LogP contribution in [0, 0.1) is 0 Å². The van der Waals surface area contributed by atoms with Gasteiger partial charge in [-0.25, -0.2) is 14.4 Å². The molecule has 0 bridgehead atoms. The van der Waals surface area contributed by atoms with E-state index in [1.807, 2.05) is 72.8 Å². The van der Waals surface area contributed by atoms with Crippen molar-refractivity contribution in [3.63, 3.8) is 0 Å². The highest BCUT2D eigenvalue weighted by molar-refractivity contribution is 5.61. The summed E-state index contributed by atoms with van der Waals surface area (Å²) in [5.74, 6) is -0.150. The summed E-state index contributed by atoms with van der Waals surface area (Å²) in [5, 5.41) is 0. The number of ether oxygens (including phenoxy) is 6. The maximum atomic E-state index is 12.0. The molecule has 0 aliphatic rings. The van der Waals surface area contributed by atoms with E-state index in [4.69, 9.17) is 28.4 Å². The summed E-state index contributed by atoms with van der Waals surface area (Å²) in [7, 11) is 0. The molecule has 0 spiro atoms. The van der Waals surface area contributed by atoms with Crippen LogP contribution in [0.3, 0.4) is 0 Å². The molecule has 0 radical (unpaired) electrons. The van der Waals surface area contributed by atoms with E-state index in [0.717, 1.165) is 33.4 Å². The molecule has 0 atom stereocenters. The summed E-state index contributed by atoms with van der Waals surface area (Å²) in [4.78, 5) is 36.0. The van der Waals surface area contributed by atoms with Gasteiger partial charge in [0.2, 0.25) is 0 Å². The zero-order valence-corrected chi connectivity index (χ0v) is 28.3. The molecule has 9 heteroatoms. The summed E-state index contributed by atoms with van der Waals surface area (Å²) < 4.78 is 31.5. The van der Waals surface area contributed by atoms with Crippen LogP contribution in [0.5, 0.6) is 0 Å². The quantitative estimate of drug-likeness (QED) is 0.129. The zero-order valence-electron chi connectivity index (χ0n) is 28.3. The first-order valence-corrected chi connectivity index (χ1v) is 15.2. The molecule has 0 N–H and O–H groups in total. The molecule has 0 heterocycles. The third-order valence-corrected chi connectivity index (χ3v) is 6.18. The maximum Gasteiger partial charge on any atom is 0.509 e. The van der Waals surface area contributed by atoms with Crippen molar-refractivity contribution in [2.45, 2.75) is 105 Å². The van der Waals surface area contributed by atoms with Crippen LogP contribution in [0.1, 0.15) is 102 Å². The molecule has 46 heavy (non-hydrogen) atoms. The van der Waals surface area contributed by atoms with E-state index in [1.165, 1.54) is 0 Å². The average Bonchev–Trinajstić information content (AvgIpc) is 2.93. The lowest BCUT2D eigenvalue weighted by Crippen LogP contribution is -2.24. The Bertz CT molecular complexity index is 1260. The van der Waals surface area contributed by atoms with E-state index in [1.54, 1.807) is 62.3 Å². The number of carbonyl (C=O) groups is 3. The van der Waals surface area contributed by atoms with Crippen molar-refractivity contribution in [3.05, 3.63) is 106 Å². The van der Waals surface area contributed by atoms with Gasteiger partial charge in [-0.05, 0) is 95.7 Å². The van der Waals surface area contributed by atoms with Crippen LogP contribution >= 0.6 is 0 Å². The molecule has 0 fully saturated rings. The molecular formula is C37H46O9. The van der Waals surface area contributed by atoms with Gasteiger partial charge in [-0.15, -0.1) is 0 Å². The van der Waals surface area contributed by atoms with E-state index in [0.29, 0.717) is 0 Å². The molecule has 3 aromatic rings. The van der Waals surface area contributed by atoms with Crippen molar-refractivity contribution in [3.8, 4) is 0 Å². The number of hydrogen-bond donors (Lipinski definition) is 0. The normalized spacial score (nSPS) is 11.9. The van der Waals surface area contributed by atoms with Gasteiger partial charge in [0.05, 0.1) is 0 Å². The van der Waals surface area contributed by atoms with E-state index in [9.17, 15) is 14.4 Å². The summed E-state index contributed by atoms with van der Waals surface area (Å²) in [5.41, 5.74) is 3.58. The van der Waals surface area contributed by atoms with Gasteiger partial charge in [0.25, 0.3) is 0 Å². The van der Waals surface area contributed by atoms with Gasteiger partial charge < -0.3 is 28.4 Å². The lowest BCUT2D eigenvalue weighted by Gasteiger charge is -2.21. The molecule has 3 aromatic carbocycles. The van der Waals surface area contributed by atoms with Gasteiger partial charge in [0.15, 0.2) is 0 Å². The maximum absolute atomic E-state index is 12.0. The van der Waals surface area contributed by atoms with E-state index >= 15 is 0 Å². The van der Waals surface area contributed by atoms with Crippen molar-refractivity contribution < 1.29 is 42.8 Å². The molecule has 0 aliphatic carbocycles. The molecule has 0 saturated heterocycles. The van der Waals surface area contributed by atoms with Gasteiger partial charge >= 0.3 is 18.5 Å². The van der Waals surface area contributed by atoms with Gasteiger partial charge in [0, 0.05) is 5.92 Å². The topological polar surface area (TPSA) is 107 Å². The summed E-state index contributed by atoms with van der Waals surface area (Å²) >= 11 is 0. The first-order chi connectivity index (χ1) is 21.4. The monoisotopic (exact) mass is 634 g/mol. The molecule has 3 rings (SSSR count). The van der Waals surface area contributed by atoms with Crippen molar-refractivity contribution in [2.24, 2.45) is 0 Å². The van der Waals surface area contributed by atoms with Gasteiger partial charge in [-0.1, -0.05) is 72.8 Å². The Morgan fingerprint density at radius 1 is 0.435 bits per heavy atom. The second-order valence-electron chi connectivity index (χ2n) is 13.9. The SMILES string of the molecule is CC(C)(C)OC(=O)OCc1ccc(C(c2ccc(COC(=O)OC(C)(C)C)cc2)c2ccc(COC(=O)OC(C)(C)C)cc2)cc1. The Balaban J connectivity index is 1.80. The lowest BCUT2D eigenvalue weighted by atomic mass is 9.84. The molecule has 0 amide bonds. The highest BCUT2D eigenvalue weighted by Gasteiger charge is 2.21. The van der Waals surface area contributed by atoms with Crippen LogP contribution in [0.15, 0.2) is 72.8 Å². The van der Waals surface area contributed by atoms with E-state index in [2.05, 4.69) is 0 Å². The smallest absolute Gasteiger partial charge is 0.429 e. The Kier molecular flexibility index (Phi) is 11.9. The Morgan fingerprint density at radius 2 is 0.652 bits per heavy atom. The molecule has 0 saturated carbocycles. The number of rotatable bonds is 9. The van der Waals surface area contributed by atoms with Crippen LogP contribution in [0.2, 0.25) is 0 Å². The lowest BCUT2D eigenvalue weighted by molar-refractivity contribution is -0.0119. The van der Waals surface area contributed by atoms with Crippen LogP contribution in [-0.4, -0.2) is 35.3 Å². The third kappa shape index (κ3) is 12.8. The number of hydrogen-bond acceptors (Lipinski definition) is 9. The molecule has 248 valence electrons. The second-order valence-corrected chi connectivity index (χ2v) is 13.9. The first kappa shape index (κ1) is 35.9. The number of benzene rings is 3. The minimum Gasteiger partial charge on any atom is -0.429 e. The Morgan fingerprint density at radius 3 is 0.848 bits per heavy atom. The molecule has 0 aliphatic heterocycles. The van der Waals surface area contributed by atoms with Gasteiger partial charge in [-0.3, -0.25) is 0 Å². The summed E-state index contributed by atoms with van der Waals surface area (Å²) in [6.07, 6.45) is -2.16. The van der Waals surface area contributed by atoms with Crippen molar-refractivity contribution in [1.82, 2.24) is 0 Å². The van der Waals surface area contributed by atoms with Crippen molar-refractivity contribution >= 4 is 18.5 Å². The van der Waals surface area contributed by atoms with Crippen LogP contribution in [0.4, 0.5) is 14.4 Å². The molecule has 0 aromatic heterocycles. The third-order valence-electron chi connectivity index (χ3n) is 6.18. The van der Waals surface area contributed by atoms with Crippen molar-refractivity contribution in [1.29, 1.82) is 0 Å². The fraction of sp³-hybridized carbons (Fsp3) is 0.432. The summed E-state index contributed by atoms with van der Waals surface area (Å²) in [6.45, 7) is 16.3. The van der Waals surface area contributed by atoms with Gasteiger partial charge in [-0.2, -0.15) is 0 Å².